The summed E-state index contributed by atoms with van der Waals surface area (Å²) in [7, 11) is 0. The van der Waals surface area contributed by atoms with Gasteiger partial charge in [-0.05, 0) is 42.4 Å². The fraction of sp³-hybridized carbons (Fsp3) is 0.353. The topological polar surface area (TPSA) is 95.3 Å². The van der Waals surface area contributed by atoms with Crippen LogP contribution >= 0.6 is 23.8 Å². The maximum atomic E-state index is 14.4. The van der Waals surface area contributed by atoms with Crippen molar-refractivity contribution in [2.45, 2.75) is 30.7 Å². The van der Waals surface area contributed by atoms with Gasteiger partial charge in [0.1, 0.15) is 5.82 Å². The van der Waals surface area contributed by atoms with E-state index in [0.717, 1.165) is 5.69 Å². The number of rotatable bonds is 5. The van der Waals surface area contributed by atoms with E-state index in [4.69, 9.17) is 34.0 Å². The van der Waals surface area contributed by atoms with Gasteiger partial charge in [-0.25, -0.2) is 4.39 Å². The largest absolute Gasteiger partial charge is 0.481 e. The number of aliphatic carboxylic acids is 2. The molecule has 1 aromatic heterocycles. The third-order valence-corrected chi connectivity index (χ3v) is 5.98. The highest BCUT2D eigenvalue weighted by Crippen LogP contribution is 2.66. The van der Waals surface area contributed by atoms with E-state index in [9.17, 15) is 14.0 Å². The lowest BCUT2D eigenvalue weighted by atomic mass is 9.93. The van der Waals surface area contributed by atoms with E-state index in [0.29, 0.717) is 34.0 Å². The van der Waals surface area contributed by atoms with E-state index in [1.165, 1.54) is 12.1 Å². The van der Waals surface area contributed by atoms with Crippen LogP contribution in [0.1, 0.15) is 29.3 Å². The molecule has 0 unspecified atom stereocenters. The van der Waals surface area contributed by atoms with Gasteiger partial charge in [0.25, 0.3) is 0 Å². The van der Waals surface area contributed by atoms with Crippen molar-refractivity contribution in [1.29, 1.82) is 0 Å². The lowest BCUT2D eigenvalue weighted by Crippen LogP contribution is -2.26. The molecular formula is C17H14ClFN2O4S. The first-order chi connectivity index (χ1) is 12.2. The smallest absolute Gasteiger partial charge is 0.318 e. The molecule has 2 aliphatic rings. The van der Waals surface area contributed by atoms with Crippen LogP contribution < -0.4 is 0 Å². The molecule has 0 bridgehead atoms. The number of nitrogens with zero attached hydrogens (tertiary/aromatic N) is 1. The van der Waals surface area contributed by atoms with Crippen LogP contribution in [0.3, 0.4) is 0 Å². The normalized spacial score (nSPS) is 23.0. The van der Waals surface area contributed by atoms with E-state index in [-0.39, 0.29) is 18.2 Å². The van der Waals surface area contributed by atoms with Crippen LogP contribution in [-0.4, -0.2) is 31.7 Å². The molecule has 1 aliphatic heterocycles. The molecule has 2 heterocycles. The summed E-state index contributed by atoms with van der Waals surface area (Å²) in [5, 5.41) is 18.7. The predicted octanol–water partition coefficient (Wildman–Crippen LogP) is 3.10. The summed E-state index contributed by atoms with van der Waals surface area (Å²) in [6, 6.07) is 4.45. The minimum absolute atomic E-state index is 0.0401. The minimum Gasteiger partial charge on any atom is -0.481 e. The Kier molecular flexibility index (Phi) is 3.75. The third-order valence-electron chi connectivity index (χ3n) is 5.42. The second-order valence-electron chi connectivity index (χ2n) is 6.85. The number of carboxylic acid groups (broad SMARTS) is 2. The molecule has 3 N–H and O–H groups in total. The number of fused-ring (bicyclic) bond motifs is 3. The number of halogens is 2. The number of carboxylic acids is 2. The monoisotopic (exact) mass is 396 g/mol. The third kappa shape index (κ3) is 2.39. The zero-order valence-electron chi connectivity index (χ0n) is 13.3. The Labute approximate surface area is 157 Å². The Balaban J connectivity index is 1.73. The van der Waals surface area contributed by atoms with Crippen LogP contribution in [0.2, 0.25) is 5.02 Å². The van der Waals surface area contributed by atoms with Crippen LogP contribution in [0.4, 0.5) is 4.39 Å². The average Bonchev–Trinajstić information content (AvgIpc) is 3.05. The van der Waals surface area contributed by atoms with Crippen molar-refractivity contribution in [2.24, 2.45) is 5.92 Å². The number of hydrogen-bond acceptors (Lipinski definition) is 3. The second kappa shape index (κ2) is 5.65. The maximum Gasteiger partial charge on any atom is 0.318 e. The van der Waals surface area contributed by atoms with Crippen molar-refractivity contribution >= 4 is 35.8 Å². The summed E-state index contributed by atoms with van der Waals surface area (Å²) in [6.45, 7) is 0.463. The second-order valence-corrected chi connectivity index (χ2v) is 7.67. The molecule has 4 rings (SSSR count). The summed E-state index contributed by atoms with van der Waals surface area (Å²) in [6.07, 6.45) is 0.496. The number of carbonyl (C=O) groups is 2. The van der Waals surface area contributed by atoms with Crippen LogP contribution in [0, 0.1) is 16.5 Å². The number of imidazole rings is 1. The van der Waals surface area contributed by atoms with E-state index < -0.39 is 23.3 Å². The molecule has 0 spiro atoms. The van der Waals surface area contributed by atoms with E-state index in [1.807, 2.05) is 4.57 Å². The molecule has 0 saturated heterocycles. The molecule has 0 amide bonds. The zero-order chi connectivity index (χ0) is 18.8. The molecule has 6 nitrogen and oxygen atoms in total. The van der Waals surface area contributed by atoms with Gasteiger partial charge >= 0.3 is 11.9 Å². The summed E-state index contributed by atoms with van der Waals surface area (Å²) >= 11 is 11.3. The summed E-state index contributed by atoms with van der Waals surface area (Å²) in [4.78, 5) is 25.4. The van der Waals surface area contributed by atoms with Crippen molar-refractivity contribution in [3.8, 4) is 0 Å². The molecular weight excluding hydrogens is 383 g/mol. The van der Waals surface area contributed by atoms with Crippen molar-refractivity contribution in [1.82, 2.24) is 9.55 Å². The van der Waals surface area contributed by atoms with Crippen LogP contribution in [-0.2, 0) is 28.0 Å². The Bertz CT molecular complexity index is 1000. The lowest BCUT2D eigenvalue weighted by Gasteiger charge is -2.14. The number of aromatic nitrogens is 2. The predicted molar refractivity (Wildman–Crippen MR) is 92.5 cm³/mol. The quantitative estimate of drug-likeness (QED) is 0.533. The highest BCUT2D eigenvalue weighted by atomic mass is 35.5. The fourth-order valence-electron chi connectivity index (χ4n) is 4.11. The molecule has 1 fully saturated rings. The summed E-state index contributed by atoms with van der Waals surface area (Å²) < 4.78 is 16.6. The van der Waals surface area contributed by atoms with Gasteiger partial charge in [0.15, 0.2) is 10.7 Å². The number of nitrogens with one attached hydrogen (secondary N) is 1. The summed E-state index contributed by atoms with van der Waals surface area (Å²) in [5.74, 6) is -4.76. The van der Waals surface area contributed by atoms with Gasteiger partial charge in [-0.15, -0.1) is 0 Å². The number of hydrogen-bond donors (Lipinski definition) is 3. The van der Waals surface area contributed by atoms with Crippen LogP contribution in [0.25, 0.3) is 0 Å². The van der Waals surface area contributed by atoms with Gasteiger partial charge in [0, 0.05) is 40.7 Å². The Morgan fingerprint density at radius 2 is 2.12 bits per heavy atom. The SMILES string of the molecule is O=C(O)C(Cc1[nH]c(=S)n2c1[C@@H]1C[C@]1(c1cc(Cl)ccc1F)C2)C(=O)O. The number of benzene rings is 1. The fourth-order valence-corrected chi connectivity index (χ4v) is 4.57. The van der Waals surface area contributed by atoms with E-state index in [2.05, 4.69) is 4.98 Å². The maximum absolute atomic E-state index is 14.4. The summed E-state index contributed by atoms with van der Waals surface area (Å²) in [5.41, 5.74) is 1.34. The molecule has 26 heavy (non-hydrogen) atoms. The zero-order valence-corrected chi connectivity index (χ0v) is 14.9. The average molecular weight is 397 g/mol. The first-order valence-electron chi connectivity index (χ1n) is 7.97. The Morgan fingerprint density at radius 1 is 1.42 bits per heavy atom. The molecule has 2 atom stereocenters. The van der Waals surface area contributed by atoms with E-state index in [1.54, 1.807) is 6.07 Å². The molecule has 9 heteroatoms. The van der Waals surface area contributed by atoms with Crippen LogP contribution in [0.5, 0.6) is 0 Å². The van der Waals surface area contributed by atoms with Crippen LogP contribution in [0.15, 0.2) is 18.2 Å². The molecule has 2 aromatic rings. The van der Waals surface area contributed by atoms with Gasteiger partial charge in [0.05, 0.1) is 0 Å². The Morgan fingerprint density at radius 3 is 2.77 bits per heavy atom. The van der Waals surface area contributed by atoms with Gasteiger partial charge in [-0.1, -0.05) is 11.6 Å². The Hall–Kier alpha value is -2.19. The van der Waals surface area contributed by atoms with E-state index >= 15 is 0 Å². The van der Waals surface area contributed by atoms with Gasteiger partial charge < -0.3 is 19.8 Å². The molecule has 1 aromatic carbocycles. The molecule has 1 saturated carbocycles. The first-order valence-corrected chi connectivity index (χ1v) is 8.76. The highest BCUT2D eigenvalue weighted by molar-refractivity contribution is 7.71. The standard InChI is InChI=1S/C17H14ClFN2O4S/c18-7-1-2-11(19)9(3-7)17-5-10(17)13-12(20-16(26)21(13)6-17)4-8(14(22)23)15(24)25/h1-3,8,10H,4-6H2,(H,20,26)(H,22,23)(H,24,25)/t10-,17+/m0/s1. The van der Waals surface area contributed by atoms with Gasteiger partial charge in [0.2, 0.25) is 0 Å². The molecule has 136 valence electrons. The highest BCUT2D eigenvalue weighted by Gasteiger charge is 2.63. The van der Waals surface area contributed by atoms with Crippen molar-refractivity contribution in [2.75, 3.05) is 0 Å². The number of aromatic amines is 1. The first kappa shape index (κ1) is 17.2. The lowest BCUT2D eigenvalue weighted by molar-refractivity contribution is -0.154. The van der Waals surface area contributed by atoms with Gasteiger partial charge in [-0.2, -0.15) is 0 Å². The van der Waals surface area contributed by atoms with Crippen molar-refractivity contribution < 1.29 is 24.2 Å². The molecule has 1 aliphatic carbocycles. The van der Waals surface area contributed by atoms with Gasteiger partial charge in [-0.3, -0.25) is 9.59 Å². The van der Waals surface area contributed by atoms with Crippen molar-refractivity contribution in [3.05, 3.63) is 50.8 Å². The number of H-pyrrole nitrogens is 1. The van der Waals surface area contributed by atoms with Crippen molar-refractivity contribution in [3.63, 3.8) is 0 Å². The molecule has 0 radical (unpaired) electrons. The minimum atomic E-state index is -1.57.